The van der Waals surface area contributed by atoms with E-state index in [1.54, 1.807) is 29.9 Å². The van der Waals surface area contributed by atoms with Crippen molar-refractivity contribution in [3.8, 4) is 11.5 Å². The number of aromatic hydroxyl groups is 1. The molecule has 0 amide bonds. The minimum Gasteiger partial charge on any atom is -0.507 e. The van der Waals surface area contributed by atoms with Crippen molar-refractivity contribution in [3.05, 3.63) is 87.6 Å². The zero-order valence-corrected chi connectivity index (χ0v) is 19.3. The second kappa shape index (κ2) is 9.67. The lowest BCUT2D eigenvalue weighted by Crippen LogP contribution is -2.49. The second-order valence-corrected chi connectivity index (χ2v) is 8.25. The SMILES string of the molecule is CCn1c(C)cc(O)c([C@@H](c2ccccc2OC)N2CCN(c3ccccc3F)CC2)c1=O. The summed E-state index contributed by atoms with van der Waals surface area (Å²) in [5.74, 6) is 0.394. The molecule has 0 spiro atoms. The Morgan fingerprint density at radius 1 is 1.06 bits per heavy atom. The van der Waals surface area contributed by atoms with E-state index in [0.29, 0.717) is 55.4 Å². The minimum absolute atomic E-state index is 0.0189. The first-order valence-electron chi connectivity index (χ1n) is 11.3. The molecule has 33 heavy (non-hydrogen) atoms. The maximum absolute atomic E-state index is 14.3. The number of aromatic nitrogens is 1. The third kappa shape index (κ3) is 4.33. The number of ether oxygens (including phenoxy) is 1. The standard InChI is InChI=1S/C26H30FN3O3/c1-4-30-18(2)17-22(31)24(26(30)32)25(19-9-5-8-12-23(19)33-3)29-15-13-28(14-16-29)21-11-7-6-10-20(21)27/h5-12,17,25,31H,4,13-16H2,1-3H3/t25-/m1/s1. The average molecular weight is 452 g/mol. The number of halogens is 1. The number of methoxy groups -OCH3 is 1. The fraction of sp³-hybridized carbons (Fsp3) is 0.346. The molecule has 0 bridgehead atoms. The fourth-order valence-corrected chi connectivity index (χ4v) is 4.78. The lowest BCUT2D eigenvalue weighted by Gasteiger charge is -2.41. The number of benzene rings is 2. The summed E-state index contributed by atoms with van der Waals surface area (Å²) in [6.45, 7) is 6.63. The number of nitrogens with zero attached hydrogens (tertiary/aromatic N) is 3. The van der Waals surface area contributed by atoms with Crippen LogP contribution in [0.2, 0.25) is 0 Å². The lowest BCUT2D eigenvalue weighted by molar-refractivity contribution is 0.203. The van der Waals surface area contributed by atoms with Crippen molar-refractivity contribution in [1.29, 1.82) is 0 Å². The van der Waals surface area contributed by atoms with Crippen LogP contribution in [0.25, 0.3) is 0 Å². The van der Waals surface area contributed by atoms with E-state index < -0.39 is 6.04 Å². The normalized spacial score (nSPS) is 15.5. The Morgan fingerprint density at radius 3 is 2.39 bits per heavy atom. The van der Waals surface area contributed by atoms with E-state index in [1.807, 2.05) is 49.1 Å². The molecule has 0 aliphatic carbocycles. The summed E-state index contributed by atoms with van der Waals surface area (Å²) in [5.41, 5.74) is 2.25. The molecule has 1 N–H and O–H groups in total. The third-order valence-electron chi connectivity index (χ3n) is 6.42. The molecule has 0 unspecified atom stereocenters. The van der Waals surface area contributed by atoms with Gasteiger partial charge in [0, 0.05) is 44.0 Å². The summed E-state index contributed by atoms with van der Waals surface area (Å²) >= 11 is 0. The number of rotatable bonds is 6. The van der Waals surface area contributed by atoms with E-state index in [4.69, 9.17) is 4.74 Å². The average Bonchev–Trinajstić information content (AvgIpc) is 2.82. The largest absolute Gasteiger partial charge is 0.507 e. The maximum atomic E-state index is 14.3. The lowest BCUT2D eigenvalue weighted by atomic mass is 9.95. The van der Waals surface area contributed by atoms with Gasteiger partial charge in [-0.05, 0) is 38.1 Å². The van der Waals surface area contributed by atoms with Gasteiger partial charge in [-0.2, -0.15) is 0 Å². The number of para-hydroxylation sites is 2. The van der Waals surface area contributed by atoms with Crippen LogP contribution in [-0.4, -0.2) is 47.9 Å². The van der Waals surface area contributed by atoms with Gasteiger partial charge in [0.15, 0.2) is 0 Å². The molecule has 2 aromatic carbocycles. The van der Waals surface area contributed by atoms with Crippen molar-refractivity contribution in [2.45, 2.75) is 26.4 Å². The van der Waals surface area contributed by atoms with Crippen LogP contribution in [0.3, 0.4) is 0 Å². The van der Waals surface area contributed by atoms with Gasteiger partial charge in [0.1, 0.15) is 17.3 Å². The summed E-state index contributed by atoms with van der Waals surface area (Å²) in [7, 11) is 1.60. The van der Waals surface area contributed by atoms with Crippen LogP contribution in [0.5, 0.6) is 11.5 Å². The molecule has 1 fully saturated rings. The number of hydrogen-bond donors (Lipinski definition) is 1. The first-order valence-corrected chi connectivity index (χ1v) is 11.3. The van der Waals surface area contributed by atoms with Gasteiger partial charge in [0.2, 0.25) is 0 Å². The predicted molar refractivity (Wildman–Crippen MR) is 128 cm³/mol. The van der Waals surface area contributed by atoms with Gasteiger partial charge >= 0.3 is 0 Å². The Hall–Kier alpha value is -3.32. The van der Waals surface area contributed by atoms with Crippen molar-refractivity contribution in [1.82, 2.24) is 9.47 Å². The zero-order chi connectivity index (χ0) is 23.5. The molecule has 0 saturated carbocycles. The monoisotopic (exact) mass is 451 g/mol. The summed E-state index contributed by atoms with van der Waals surface area (Å²) < 4.78 is 21.6. The Kier molecular flexibility index (Phi) is 6.70. The van der Waals surface area contributed by atoms with Crippen molar-refractivity contribution < 1.29 is 14.2 Å². The zero-order valence-electron chi connectivity index (χ0n) is 19.3. The maximum Gasteiger partial charge on any atom is 0.259 e. The van der Waals surface area contributed by atoms with Crippen LogP contribution in [0.1, 0.15) is 29.8 Å². The van der Waals surface area contributed by atoms with Crippen LogP contribution < -0.4 is 15.2 Å². The molecule has 1 atom stereocenters. The molecule has 1 saturated heterocycles. The van der Waals surface area contributed by atoms with E-state index in [9.17, 15) is 14.3 Å². The van der Waals surface area contributed by atoms with Crippen molar-refractivity contribution >= 4 is 5.69 Å². The van der Waals surface area contributed by atoms with Gasteiger partial charge in [0.05, 0.1) is 24.4 Å². The molecule has 174 valence electrons. The van der Waals surface area contributed by atoms with Crippen molar-refractivity contribution in [2.24, 2.45) is 0 Å². The summed E-state index contributed by atoms with van der Waals surface area (Å²) in [4.78, 5) is 17.7. The third-order valence-corrected chi connectivity index (χ3v) is 6.42. The molecule has 1 aliphatic rings. The van der Waals surface area contributed by atoms with E-state index in [1.165, 1.54) is 6.07 Å². The van der Waals surface area contributed by atoms with E-state index in [0.717, 1.165) is 5.56 Å². The first kappa shape index (κ1) is 22.9. The Balaban J connectivity index is 1.76. The molecule has 4 rings (SSSR count). The van der Waals surface area contributed by atoms with Crippen LogP contribution >= 0.6 is 0 Å². The van der Waals surface area contributed by atoms with Gasteiger partial charge in [-0.15, -0.1) is 0 Å². The fourth-order valence-electron chi connectivity index (χ4n) is 4.78. The van der Waals surface area contributed by atoms with Gasteiger partial charge in [0.25, 0.3) is 5.56 Å². The van der Waals surface area contributed by atoms with Crippen LogP contribution in [-0.2, 0) is 6.54 Å². The summed E-state index contributed by atoms with van der Waals surface area (Å²) in [6.07, 6.45) is 0. The Morgan fingerprint density at radius 2 is 1.73 bits per heavy atom. The molecular weight excluding hydrogens is 421 g/mol. The second-order valence-electron chi connectivity index (χ2n) is 8.25. The number of hydrogen-bond acceptors (Lipinski definition) is 5. The van der Waals surface area contributed by atoms with Crippen LogP contribution in [0, 0.1) is 12.7 Å². The smallest absolute Gasteiger partial charge is 0.259 e. The summed E-state index contributed by atoms with van der Waals surface area (Å²) in [6, 6.07) is 15.5. The quantitative estimate of drug-likeness (QED) is 0.615. The Bertz CT molecular complexity index is 1190. The Labute approximate surface area is 193 Å². The van der Waals surface area contributed by atoms with Gasteiger partial charge in [-0.25, -0.2) is 4.39 Å². The topological polar surface area (TPSA) is 57.9 Å². The highest BCUT2D eigenvalue weighted by molar-refractivity contribution is 5.49. The van der Waals surface area contributed by atoms with Crippen LogP contribution in [0.15, 0.2) is 59.4 Å². The van der Waals surface area contributed by atoms with E-state index in [2.05, 4.69) is 4.90 Å². The highest BCUT2D eigenvalue weighted by atomic mass is 19.1. The molecular formula is C26H30FN3O3. The van der Waals surface area contributed by atoms with Gasteiger partial charge < -0.3 is 19.3 Å². The minimum atomic E-state index is -0.491. The van der Waals surface area contributed by atoms with Crippen LogP contribution in [0.4, 0.5) is 10.1 Å². The molecule has 0 radical (unpaired) electrons. The predicted octanol–water partition coefficient (Wildman–Crippen LogP) is 3.94. The number of pyridine rings is 1. The van der Waals surface area contributed by atoms with Gasteiger partial charge in [-0.1, -0.05) is 30.3 Å². The van der Waals surface area contributed by atoms with Gasteiger partial charge in [-0.3, -0.25) is 9.69 Å². The number of aryl methyl sites for hydroxylation is 1. The van der Waals surface area contributed by atoms with Crippen molar-refractivity contribution in [3.63, 3.8) is 0 Å². The number of anilines is 1. The van der Waals surface area contributed by atoms with E-state index in [-0.39, 0.29) is 17.1 Å². The number of piperazine rings is 1. The molecule has 1 aliphatic heterocycles. The first-order chi connectivity index (χ1) is 16.0. The highest BCUT2D eigenvalue weighted by Gasteiger charge is 2.33. The molecule has 1 aromatic heterocycles. The van der Waals surface area contributed by atoms with E-state index >= 15 is 0 Å². The summed E-state index contributed by atoms with van der Waals surface area (Å²) in [5, 5.41) is 10.9. The molecule has 2 heterocycles. The molecule has 6 nitrogen and oxygen atoms in total. The molecule has 7 heteroatoms. The van der Waals surface area contributed by atoms with Crippen molar-refractivity contribution in [2.75, 3.05) is 38.2 Å². The molecule has 3 aromatic rings. The highest BCUT2D eigenvalue weighted by Crippen LogP contribution is 2.38.